The number of hydrogen-bond acceptors (Lipinski definition) is 4. The van der Waals surface area contributed by atoms with Gasteiger partial charge in [0.1, 0.15) is 6.04 Å². The van der Waals surface area contributed by atoms with E-state index in [9.17, 15) is 19.2 Å². The molecular weight excluding hydrogens is 444 g/mol. The second-order valence-corrected chi connectivity index (χ2v) is 7.44. The first-order valence-corrected chi connectivity index (χ1v) is 9.65. The van der Waals surface area contributed by atoms with Crippen LogP contribution >= 0.6 is 11.6 Å². The highest BCUT2D eigenvalue weighted by Crippen LogP contribution is 2.30. The summed E-state index contributed by atoms with van der Waals surface area (Å²) >= 11 is 5.62. The van der Waals surface area contributed by atoms with Gasteiger partial charge in [0, 0.05) is 35.6 Å². The smallest absolute Gasteiger partial charge is 0.346 e. The number of fused-ring (bicyclic) bond motifs is 1. The number of nitrogens with zero attached hydrogens (tertiary/aromatic N) is 1. The topological polar surface area (TPSA) is 95.6 Å². The van der Waals surface area contributed by atoms with Crippen LogP contribution in [-0.4, -0.2) is 34.6 Å². The van der Waals surface area contributed by atoms with E-state index in [1.165, 1.54) is 4.90 Å². The minimum atomic E-state index is -4.85. The highest BCUT2D eigenvalue weighted by Gasteiger charge is 2.41. The molecule has 2 N–H and O–H groups in total. The molecule has 0 aliphatic carbocycles. The van der Waals surface area contributed by atoms with Gasteiger partial charge in [-0.1, -0.05) is 35.8 Å². The van der Waals surface area contributed by atoms with Gasteiger partial charge >= 0.3 is 5.92 Å². The van der Waals surface area contributed by atoms with Crippen LogP contribution in [0.3, 0.4) is 0 Å². The molecule has 1 unspecified atom stereocenters. The average Bonchev–Trinajstić information content (AvgIpc) is 3.20. The van der Waals surface area contributed by atoms with E-state index in [-0.39, 0.29) is 30.5 Å². The number of piperidine rings is 1. The monoisotopic (exact) mass is 468 g/mol. The number of carbonyl (C=O) groups is 4. The molecule has 4 amide bonds. The zero-order valence-corrected chi connectivity index (χ0v) is 16.8. The van der Waals surface area contributed by atoms with Gasteiger partial charge in [0.05, 0.1) is 8.22 Å². The number of rotatable bonds is 5. The van der Waals surface area contributed by atoms with E-state index < -0.39 is 87.7 Å². The molecule has 1 fully saturated rings. The Hall–Kier alpha value is -3.33. The minimum absolute atomic E-state index is 0.00553. The first-order valence-electron chi connectivity index (χ1n) is 12.7. The molecule has 32 heavy (non-hydrogen) atoms. The van der Waals surface area contributed by atoms with Crippen molar-refractivity contribution in [2.24, 2.45) is 0 Å². The fourth-order valence-corrected chi connectivity index (χ4v) is 3.49. The zero-order chi connectivity index (χ0) is 29.2. The zero-order valence-electron chi connectivity index (χ0n) is 23.1. The van der Waals surface area contributed by atoms with Crippen LogP contribution in [0.4, 0.5) is 8.78 Å². The van der Waals surface area contributed by atoms with E-state index >= 15 is 8.78 Å². The van der Waals surface area contributed by atoms with Gasteiger partial charge < -0.3 is 10.2 Å². The van der Waals surface area contributed by atoms with Crippen LogP contribution in [0.2, 0.25) is 6.43 Å². The average molecular weight is 469 g/mol. The van der Waals surface area contributed by atoms with Crippen molar-refractivity contribution in [1.82, 2.24) is 15.5 Å². The van der Waals surface area contributed by atoms with Crippen molar-refractivity contribution < 1.29 is 37.6 Å². The maximum absolute atomic E-state index is 15.2. The maximum atomic E-state index is 15.2. The number of imide groups is 1. The molecule has 166 valence electrons. The Morgan fingerprint density at radius 2 is 2.03 bits per heavy atom. The van der Waals surface area contributed by atoms with Crippen molar-refractivity contribution in [2.75, 3.05) is 0 Å². The Bertz CT molecular complexity index is 1430. The summed E-state index contributed by atoms with van der Waals surface area (Å²) in [6.07, 6.45) is 0.0779. The summed E-state index contributed by atoms with van der Waals surface area (Å²) in [5.74, 6) is -9.07. The number of benzene rings is 2. The van der Waals surface area contributed by atoms with Gasteiger partial charge in [0.2, 0.25) is 11.8 Å². The molecule has 2 aliphatic rings. The van der Waals surface area contributed by atoms with Gasteiger partial charge in [-0.2, -0.15) is 8.78 Å². The van der Waals surface area contributed by atoms with E-state index in [0.717, 1.165) is 18.2 Å². The minimum Gasteiger partial charge on any atom is -0.346 e. The molecular formula is C22H18ClF2N3O4. The summed E-state index contributed by atoms with van der Waals surface area (Å²) in [5, 5.41) is 0.701. The number of halogens is 3. The third-order valence-electron chi connectivity index (χ3n) is 4.99. The van der Waals surface area contributed by atoms with E-state index in [1.807, 2.05) is 0 Å². The lowest BCUT2D eigenvalue weighted by Crippen LogP contribution is -2.52. The van der Waals surface area contributed by atoms with Crippen molar-refractivity contribution in [3.8, 4) is 0 Å². The number of carbonyl (C=O) groups excluding carboxylic acids is 4. The SMILES string of the molecule is [2H]c1c([2H])c(C(F)(F)C(=O)N([2H])C([2H])([2H])c2ccc3c(c2)CN(C2CCC(=O)NC2=O)C3=O)c([2H])c([2H])c1Cl. The van der Waals surface area contributed by atoms with Crippen LogP contribution < -0.4 is 10.6 Å². The van der Waals surface area contributed by atoms with Crippen LogP contribution in [-0.2, 0) is 33.3 Å². The Balaban J connectivity index is 1.64. The summed E-state index contributed by atoms with van der Waals surface area (Å²) in [4.78, 5) is 50.4. The fourth-order valence-electron chi connectivity index (χ4n) is 3.39. The Morgan fingerprint density at radius 3 is 2.72 bits per heavy atom. The molecule has 2 aromatic carbocycles. The van der Waals surface area contributed by atoms with Crippen molar-refractivity contribution in [1.29, 1.82) is 0 Å². The Labute approximate surface area is 196 Å². The first-order chi connectivity index (χ1) is 18.0. The van der Waals surface area contributed by atoms with Gasteiger partial charge in [-0.05, 0) is 35.7 Å². The van der Waals surface area contributed by atoms with Gasteiger partial charge in [0.25, 0.3) is 11.8 Å². The summed E-state index contributed by atoms with van der Waals surface area (Å²) in [5.41, 5.74) is -1.86. The number of amides is 4. The van der Waals surface area contributed by atoms with E-state index in [2.05, 4.69) is 5.32 Å². The predicted octanol–water partition coefficient (Wildman–Crippen LogP) is 2.51. The lowest BCUT2D eigenvalue weighted by molar-refractivity contribution is -0.147. The summed E-state index contributed by atoms with van der Waals surface area (Å²) in [7, 11) is 0. The lowest BCUT2D eigenvalue weighted by Gasteiger charge is -2.29. The third kappa shape index (κ3) is 4.08. The largest absolute Gasteiger partial charge is 0.349 e. The molecule has 0 spiro atoms. The Morgan fingerprint density at radius 1 is 1.31 bits per heavy atom. The number of alkyl halides is 2. The molecule has 0 saturated carbocycles. The molecule has 1 atom stereocenters. The quantitative estimate of drug-likeness (QED) is 0.659. The Kier molecular flexibility index (Phi) is 3.81. The molecule has 1 saturated heterocycles. The molecule has 7 nitrogen and oxygen atoms in total. The van der Waals surface area contributed by atoms with Gasteiger partial charge in [-0.3, -0.25) is 24.5 Å². The highest BCUT2D eigenvalue weighted by atomic mass is 35.5. The second-order valence-electron chi connectivity index (χ2n) is 7.06. The van der Waals surface area contributed by atoms with E-state index in [4.69, 9.17) is 21.2 Å². The summed E-state index contributed by atoms with van der Waals surface area (Å²) in [6, 6.07) is -2.42. The van der Waals surface area contributed by atoms with Gasteiger partial charge in [-0.15, -0.1) is 0 Å². The lowest BCUT2D eigenvalue weighted by atomic mass is 10.0. The highest BCUT2D eigenvalue weighted by molar-refractivity contribution is 6.30. The molecule has 2 heterocycles. The van der Waals surface area contributed by atoms with Crippen molar-refractivity contribution in [3.05, 3.63) is 69.6 Å². The van der Waals surface area contributed by atoms with Crippen molar-refractivity contribution >= 4 is 35.2 Å². The molecule has 2 aliphatic heterocycles. The van der Waals surface area contributed by atoms with Crippen molar-refractivity contribution in [2.45, 2.75) is 37.8 Å². The maximum Gasteiger partial charge on any atom is 0.349 e. The van der Waals surface area contributed by atoms with Crippen LogP contribution in [0.15, 0.2) is 42.4 Å². The predicted molar refractivity (Wildman–Crippen MR) is 110 cm³/mol. The number of hydrogen-bond donors (Lipinski definition) is 2. The first kappa shape index (κ1) is 14.7. The van der Waals surface area contributed by atoms with Crippen LogP contribution in [0.1, 0.15) is 48.1 Å². The molecule has 10 heteroatoms. The van der Waals surface area contributed by atoms with Gasteiger partial charge in [0.15, 0.2) is 1.41 Å². The third-order valence-corrected chi connectivity index (χ3v) is 5.18. The second kappa shape index (κ2) is 8.31. The van der Waals surface area contributed by atoms with Crippen LogP contribution in [0.25, 0.3) is 0 Å². The molecule has 0 radical (unpaired) electrons. The van der Waals surface area contributed by atoms with Crippen LogP contribution in [0, 0.1) is 0 Å². The summed E-state index contributed by atoms with van der Waals surface area (Å²) in [6.45, 7) is -3.40. The fraction of sp³-hybridized carbons (Fsp3) is 0.273. The van der Waals surface area contributed by atoms with E-state index in [0.29, 0.717) is 0 Å². The standard InChI is InChI=1S/C22H18ClF2N3O4/c23-15-4-2-14(3-5-15)22(24,25)21(32)26-10-12-1-6-16-13(9-12)11-28(20(16)31)17-7-8-18(29)27-19(17)30/h1-6,9,17H,7-8,10-11H2,(H,26,32)(H,27,29,30)/i2D,3D,4D,5D,10D2/hD. The molecule has 0 bridgehead atoms. The molecule has 4 rings (SSSR count). The molecule has 2 aromatic rings. The van der Waals surface area contributed by atoms with Crippen LogP contribution in [0.5, 0.6) is 0 Å². The molecule has 0 aromatic heterocycles. The van der Waals surface area contributed by atoms with Gasteiger partial charge in [-0.25, -0.2) is 0 Å². The normalized spacial score (nSPS) is 22.0. The van der Waals surface area contributed by atoms with E-state index in [1.54, 1.807) is 0 Å². The van der Waals surface area contributed by atoms with Crippen molar-refractivity contribution in [3.63, 3.8) is 0 Å². The number of nitrogens with one attached hydrogen (secondary N) is 2. The summed E-state index contributed by atoms with van der Waals surface area (Å²) < 4.78 is 85.6.